The first-order valence-corrected chi connectivity index (χ1v) is 10.5. The van der Waals surface area contributed by atoms with Gasteiger partial charge in [0, 0.05) is 19.3 Å². The zero-order chi connectivity index (χ0) is 21.7. The van der Waals surface area contributed by atoms with E-state index in [-0.39, 0.29) is 36.1 Å². The first kappa shape index (κ1) is 24.6. The van der Waals surface area contributed by atoms with Crippen molar-refractivity contribution in [2.75, 3.05) is 7.05 Å². The number of nitrogens with one attached hydrogen (secondary N) is 1. The SMILES string of the molecule is CNC(=O)c1c(CCC2CCC(N)CC2)c(C(N)=O)cn(Cc2ccccc2)c1=O.Cl. The van der Waals surface area contributed by atoms with Crippen molar-refractivity contribution in [3.05, 3.63) is 69.1 Å². The van der Waals surface area contributed by atoms with Crippen LogP contribution in [0.15, 0.2) is 41.3 Å². The Morgan fingerprint density at radius 1 is 1.13 bits per heavy atom. The molecule has 31 heavy (non-hydrogen) atoms. The van der Waals surface area contributed by atoms with Gasteiger partial charge >= 0.3 is 0 Å². The maximum Gasteiger partial charge on any atom is 0.264 e. The predicted molar refractivity (Wildman–Crippen MR) is 124 cm³/mol. The van der Waals surface area contributed by atoms with Gasteiger partial charge in [-0.1, -0.05) is 30.3 Å². The summed E-state index contributed by atoms with van der Waals surface area (Å²) >= 11 is 0. The molecule has 1 aliphatic rings. The quantitative estimate of drug-likeness (QED) is 0.603. The maximum absolute atomic E-state index is 13.2. The van der Waals surface area contributed by atoms with Crippen molar-refractivity contribution in [3.8, 4) is 0 Å². The molecule has 0 radical (unpaired) electrons. The number of amides is 2. The highest BCUT2D eigenvalue weighted by molar-refractivity contribution is 6.01. The van der Waals surface area contributed by atoms with E-state index in [9.17, 15) is 14.4 Å². The molecule has 1 aromatic heterocycles. The number of nitrogens with zero attached hydrogens (tertiary/aromatic N) is 1. The molecule has 3 rings (SSSR count). The fraction of sp³-hybridized carbons (Fsp3) is 0.435. The van der Waals surface area contributed by atoms with Gasteiger partial charge in [-0.2, -0.15) is 0 Å². The highest BCUT2D eigenvalue weighted by Crippen LogP contribution is 2.28. The van der Waals surface area contributed by atoms with Crippen LogP contribution in [-0.4, -0.2) is 29.5 Å². The van der Waals surface area contributed by atoms with Gasteiger partial charge in [-0.25, -0.2) is 0 Å². The van der Waals surface area contributed by atoms with Crippen LogP contribution in [0.4, 0.5) is 0 Å². The molecule has 1 aliphatic carbocycles. The number of hydrogen-bond donors (Lipinski definition) is 3. The summed E-state index contributed by atoms with van der Waals surface area (Å²) in [4.78, 5) is 38.1. The van der Waals surface area contributed by atoms with Crippen molar-refractivity contribution < 1.29 is 9.59 Å². The number of carbonyl (C=O) groups excluding carboxylic acids is 2. The molecule has 5 N–H and O–H groups in total. The molecule has 0 unspecified atom stereocenters. The molecule has 0 atom stereocenters. The molecule has 0 spiro atoms. The third-order valence-electron chi connectivity index (χ3n) is 6.00. The number of aromatic nitrogens is 1. The number of halogens is 1. The van der Waals surface area contributed by atoms with Crippen molar-refractivity contribution in [2.45, 2.75) is 51.1 Å². The molecule has 2 aromatic rings. The molecule has 0 aliphatic heterocycles. The smallest absolute Gasteiger partial charge is 0.264 e. The average molecular weight is 447 g/mol. The van der Waals surface area contributed by atoms with E-state index in [2.05, 4.69) is 5.32 Å². The van der Waals surface area contributed by atoms with E-state index in [1.54, 1.807) is 0 Å². The van der Waals surface area contributed by atoms with Gasteiger partial charge in [-0.3, -0.25) is 14.4 Å². The lowest BCUT2D eigenvalue weighted by Gasteiger charge is -2.26. The molecule has 1 saturated carbocycles. The van der Waals surface area contributed by atoms with E-state index in [0.717, 1.165) is 37.7 Å². The van der Waals surface area contributed by atoms with Crippen LogP contribution in [0.5, 0.6) is 0 Å². The number of carbonyl (C=O) groups is 2. The third-order valence-corrected chi connectivity index (χ3v) is 6.00. The molecule has 168 valence electrons. The Kier molecular flexibility index (Phi) is 8.83. The molecular weight excluding hydrogens is 416 g/mol. The number of pyridine rings is 1. The monoisotopic (exact) mass is 446 g/mol. The Labute approximate surface area is 188 Å². The van der Waals surface area contributed by atoms with Crippen molar-refractivity contribution in [2.24, 2.45) is 17.4 Å². The summed E-state index contributed by atoms with van der Waals surface area (Å²) in [6, 6.07) is 9.66. The van der Waals surface area contributed by atoms with Crippen LogP contribution >= 0.6 is 12.4 Å². The van der Waals surface area contributed by atoms with Gasteiger partial charge in [0.25, 0.3) is 11.5 Å². The second kappa shape index (κ2) is 11.1. The van der Waals surface area contributed by atoms with Crippen molar-refractivity contribution in [3.63, 3.8) is 0 Å². The maximum atomic E-state index is 13.2. The van der Waals surface area contributed by atoms with Crippen LogP contribution in [0.2, 0.25) is 0 Å². The summed E-state index contributed by atoms with van der Waals surface area (Å²) in [6.07, 6.45) is 6.75. The van der Waals surface area contributed by atoms with E-state index >= 15 is 0 Å². The van der Waals surface area contributed by atoms with Crippen molar-refractivity contribution in [1.82, 2.24) is 9.88 Å². The third kappa shape index (κ3) is 5.95. The van der Waals surface area contributed by atoms with Crippen LogP contribution < -0.4 is 22.3 Å². The Morgan fingerprint density at radius 3 is 2.35 bits per heavy atom. The topological polar surface area (TPSA) is 120 Å². The summed E-state index contributed by atoms with van der Waals surface area (Å²) in [7, 11) is 1.48. The zero-order valence-electron chi connectivity index (χ0n) is 17.8. The summed E-state index contributed by atoms with van der Waals surface area (Å²) in [5, 5.41) is 2.54. The molecule has 1 aromatic carbocycles. The van der Waals surface area contributed by atoms with Crippen LogP contribution in [0, 0.1) is 5.92 Å². The van der Waals surface area contributed by atoms with E-state index in [1.807, 2.05) is 30.3 Å². The second-order valence-electron chi connectivity index (χ2n) is 8.08. The summed E-state index contributed by atoms with van der Waals surface area (Å²) < 4.78 is 1.39. The minimum atomic E-state index is -0.636. The summed E-state index contributed by atoms with van der Waals surface area (Å²) in [5.41, 5.74) is 12.8. The Balaban J connectivity index is 0.00000341. The first-order valence-electron chi connectivity index (χ1n) is 10.5. The largest absolute Gasteiger partial charge is 0.366 e. The molecule has 0 bridgehead atoms. The van der Waals surface area contributed by atoms with Crippen LogP contribution in [0.25, 0.3) is 0 Å². The normalized spacial score (nSPS) is 18.1. The highest BCUT2D eigenvalue weighted by atomic mass is 35.5. The number of primary amides is 1. The van der Waals surface area contributed by atoms with E-state index in [0.29, 0.717) is 17.9 Å². The molecule has 1 fully saturated rings. The number of rotatable bonds is 7. The Bertz CT molecular complexity index is 967. The molecular formula is C23H31ClN4O3. The molecule has 8 heteroatoms. The standard InChI is InChI=1S/C23H30N4O3.ClH/c1-26-22(29)20-18(12-9-15-7-10-17(24)11-8-15)19(21(25)28)14-27(23(20)30)13-16-5-3-2-4-6-16;/h2-6,14-15,17H,7-13,24H2,1H3,(H2,25,28)(H,26,29);1H. The number of hydrogen-bond acceptors (Lipinski definition) is 4. The fourth-order valence-electron chi connectivity index (χ4n) is 4.25. The van der Waals surface area contributed by atoms with Gasteiger partial charge < -0.3 is 21.4 Å². The van der Waals surface area contributed by atoms with Gasteiger partial charge in [0.15, 0.2) is 0 Å². The average Bonchev–Trinajstić information content (AvgIpc) is 2.75. The van der Waals surface area contributed by atoms with Crippen LogP contribution in [-0.2, 0) is 13.0 Å². The van der Waals surface area contributed by atoms with Gasteiger partial charge in [0.1, 0.15) is 5.56 Å². The van der Waals surface area contributed by atoms with Crippen molar-refractivity contribution >= 4 is 24.2 Å². The van der Waals surface area contributed by atoms with E-state index < -0.39 is 17.4 Å². The predicted octanol–water partition coefficient (Wildman–Crippen LogP) is 2.23. The molecule has 1 heterocycles. The number of benzene rings is 1. The van der Waals surface area contributed by atoms with Crippen LogP contribution in [0.1, 0.15) is 63.9 Å². The Hall–Kier alpha value is -2.64. The zero-order valence-corrected chi connectivity index (χ0v) is 18.6. The van der Waals surface area contributed by atoms with Gasteiger partial charge in [0.05, 0.1) is 12.1 Å². The highest BCUT2D eigenvalue weighted by Gasteiger charge is 2.25. The van der Waals surface area contributed by atoms with Gasteiger partial charge in [-0.15, -0.1) is 12.4 Å². The first-order chi connectivity index (χ1) is 14.4. The lowest BCUT2D eigenvalue weighted by Crippen LogP contribution is -2.36. The second-order valence-corrected chi connectivity index (χ2v) is 8.08. The summed E-state index contributed by atoms with van der Waals surface area (Å²) in [6.45, 7) is 0.255. The van der Waals surface area contributed by atoms with Gasteiger partial charge in [-0.05, 0) is 55.6 Å². The molecule has 2 amide bonds. The minimum Gasteiger partial charge on any atom is -0.366 e. The van der Waals surface area contributed by atoms with E-state index in [4.69, 9.17) is 11.5 Å². The lowest BCUT2D eigenvalue weighted by atomic mass is 9.82. The summed E-state index contributed by atoms with van der Waals surface area (Å²) in [5.74, 6) is -0.664. The van der Waals surface area contributed by atoms with Crippen molar-refractivity contribution in [1.29, 1.82) is 0 Å². The fourth-order valence-corrected chi connectivity index (χ4v) is 4.25. The van der Waals surface area contributed by atoms with E-state index in [1.165, 1.54) is 17.8 Å². The number of nitrogens with two attached hydrogens (primary N) is 2. The lowest BCUT2D eigenvalue weighted by molar-refractivity contribution is 0.0959. The Morgan fingerprint density at radius 2 is 1.77 bits per heavy atom. The molecule has 0 saturated heterocycles. The van der Waals surface area contributed by atoms with Crippen LogP contribution in [0.3, 0.4) is 0 Å². The minimum absolute atomic E-state index is 0. The van der Waals surface area contributed by atoms with Gasteiger partial charge in [0.2, 0.25) is 5.91 Å². The molecule has 7 nitrogen and oxygen atoms in total.